The molecule has 0 aromatic heterocycles. The van der Waals surface area contributed by atoms with E-state index in [0.717, 1.165) is 12.8 Å². The van der Waals surface area contributed by atoms with E-state index in [0.29, 0.717) is 33.0 Å². The number of unbranched alkanes of at least 4 members (excludes halogenated alkanes) is 6. The minimum Gasteiger partial charge on any atom is -0.477 e. The number of carboxylic acid groups (broad SMARTS) is 1. The Morgan fingerprint density at radius 3 is 2.00 bits per heavy atom. The predicted octanol–water partition coefficient (Wildman–Crippen LogP) is 3.23. The van der Waals surface area contributed by atoms with Crippen molar-refractivity contribution in [3.05, 3.63) is 0 Å². The first-order valence-electron chi connectivity index (χ1n) is 8.83. The Hall–Kier alpha value is -0.690. The summed E-state index contributed by atoms with van der Waals surface area (Å²) in [5.41, 5.74) is 0. The zero-order valence-corrected chi connectivity index (χ0v) is 14.8. The van der Waals surface area contributed by atoms with Crippen molar-refractivity contribution in [3.63, 3.8) is 0 Å². The lowest BCUT2D eigenvalue weighted by Crippen LogP contribution is -2.29. The second-order valence-electron chi connectivity index (χ2n) is 5.34. The highest BCUT2D eigenvalue weighted by atomic mass is 16.7. The molecule has 23 heavy (non-hydrogen) atoms. The van der Waals surface area contributed by atoms with Crippen LogP contribution in [0.15, 0.2) is 0 Å². The number of rotatable bonds is 18. The normalized spacial score (nSPS) is 12.4. The topological polar surface area (TPSA) is 74.2 Å². The first kappa shape index (κ1) is 22.3. The van der Waals surface area contributed by atoms with Gasteiger partial charge in [0.15, 0.2) is 0 Å². The van der Waals surface area contributed by atoms with Gasteiger partial charge in [0.1, 0.15) is 0 Å². The molecule has 0 heterocycles. The Balaban J connectivity index is 3.50. The van der Waals surface area contributed by atoms with Crippen LogP contribution in [0.3, 0.4) is 0 Å². The number of ether oxygens (including phenoxy) is 4. The molecule has 0 radical (unpaired) electrons. The van der Waals surface area contributed by atoms with E-state index in [2.05, 4.69) is 6.92 Å². The molecule has 0 aliphatic heterocycles. The van der Waals surface area contributed by atoms with Gasteiger partial charge in [-0.05, 0) is 13.3 Å². The monoisotopic (exact) mass is 334 g/mol. The van der Waals surface area contributed by atoms with Crippen LogP contribution in [0.2, 0.25) is 0 Å². The van der Waals surface area contributed by atoms with Crippen LogP contribution in [-0.4, -0.2) is 57.0 Å². The summed E-state index contributed by atoms with van der Waals surface area (Å²) in [6.07, 6.45) is 6.96. The van der Waals surface area contributed by atoms with Gasteiger partial charge in [-0.25, -0.2) is 4.79 Å². The van der Waals surface area contributed by atoms with E-state index in [4.69, 9.17) is 24.1 Å². The molecule has 1 unspecified atom stereocenters. The summed E-state index contributed by atoms with van der Waals surface area (Å²) < 4.78 is 20.8. The molecule has 0 spiro atoms. The third kappa shape index (κ3) is 16.0. The molecule has 6 heteroatoms. The fourth-order valence-corrected chi connectivity index (χ4v) is 2.02. The Kier molecular flexibility index (Phi) is 17.1. The maximum atomic E-state index is 11.0. The van der Waals surface area contributed by atoms with Gasteiger partial charge in [-0.2, -0.15) is 0 Å². The molecular formula is C17H34O6. The molecule has 1 N–H and O–H groups in total. The van der Waals surface area contributed by atoms with Crippen LogP contribution in [0.4, 0.5) is 0 Å². The molecule has 138 valence electrons. The molecular weight excluding hydrogens is 300 g/mol. The van der Waals surface area contributed by atoms with E-state index in [9.17, 15) is 4.79 Å². The van der Waals surface area contributed by atoms with Gasteiger partial charge in [0.25, 0.3) is 6.29 Å². The van der Waals surface area contributed by atoms with Crippen molar-refractivity contribution < 1.29 is 28.8 Å². The smallest absolute Gasteiger partial charge is 0.361 e. The molecule has 0 rings (SSSR count). The van der Waals surface area contributed by atoms with Crippen molar-refractivity contribution in [1.29, 1.82) is 0 Å². The number of hydrogen-bond acceptors (Lipinski definition) is 5. The predicted molar refractivity (Wildman–Crippen MR) is 88.6 cm³/mol. The van der Waals surface area contributed by atoms with Crippen molar-refractivity contribution >= 4 is 5.97 Å². The summed E-state index contributed by atoms with van der Waals surface area (Å²) in [5, 5.41) is 9.03. The Morgan fingerprint density at radius 1 is 0.783 bits per heavy atom. The van der Waals surface area contributed by atoms with Crippen LogP contribution in [0, 0.1) is 0 Å². The highest BCUT2D eigenvalue weighted by molar-refractivity contribution is 5.70. The molecule has 6 nitrogen and oxygen atoms in total. The molecule has 0 aromatic carbocycles. The average Bonchev–Trinajstić information content (AvgIpc) is 2.54. The molecule has 0 aromatic rings. The summed E-state index contributed by atoms with van der Waals surface area (Å²) in [6, 6.07) is 0. The largest absolute Gasteiger partial charge is 0.477 e. The van der Waals surface area contributed by atoms with Gasteiger partial charge in [0.05, 0.1) is 33.0 Å². The number of carboxylic acids is 1. The van der Waals surface area contributed by atoms with E-state index in [1.165, 1.54) is 32.1 Å². The summed E-state index contributed by atoms with van der Waals surface area (Å²) in [6.45, 7) is 6.73. The van der Waals surface area contributed by atoms with Crippen molar-refractivity contribution in [2.24, 2.45) is 0 Å². The summed E-state index contributed by atoms with van der Waals surface area (Å²) in [5.74, 6) is -1.10. The van der Waals surface area contributed by atoms with Crippen LogP contribution in [-0.2, 0) is 23.7 Å². The Bertz CT molecular complexity index is 259. The van der Waals surface area contributed by atoms with Crippen LogP contribution in [0.5, 0.6) is 0 Å². The molecule has 0 fully saturated rings. The molecule has 0 amide bonds. The fraction of sp³-hybridized carbons (Fsp3) is 0.941. The van der Waals surface area contributed by atoms with Crippen molar-refractivity contribution in [2.75, 3.05) is 39.6 Å². The van der Waals surface area contributed by atoms with E-state index in [1.54, 1.807) is 0 Å². The maximum Gasteiger partial charge on any atom is 0.361 e. The maximum absolute atomic E-state index is 11.0. The molecule has 0 bridgehead atoms. The summed E-state index contributed by atoms with van der Waals surface area (Å²) in [4.78, 5) is 11.0. The molecule has 0 saturated carbocycles. The lowest BCUT2D eigenvalue weighted by molar-refractivity contribution is -0.192. The minimum atomic E-state index is -1.20. The second kappa shape index (κ2) is 17.7. The van der Waals surface area contributed by atoms with Gasteiger partial charge < -0.3 is 24.1 Å². The van der Waals surface area contributed by atoms with Gasteiger partial charge in [0, 0.05) is 6.61 Å². The van der Waals surface area contributed by atoms with Crippen LogP contribution >= 0.6 is 0 Å². The summed E-state index contributed by atoms with van der Waals surface area (Å²) in [7, 11) is 0. The molecule has 0 aliphatic carbocycles. The van der Waals surface area contributed by atoms with Gasteiger partial charge in [-0.15, -0.1) is 0 Å². The van der Waals surface area contributed by atoms with E-state index in [-0.39, 0.29) is 6.61 Å². The minimum absolute atomic E-state index is 0.195. The van der Waals surface area contributed by atoms with Gasteiger partial charge >= 0.3 is 5.97 Å². The van der Waals surface area contributed by atoms with E-state index in [1.807, 2.05) is 6.92 Å². The zero-order chi connectivity index (χ0) is 17.2. The van der Waals surface area contributed by atoms with Crippen LogP contribution in [0.1, 0.15) is 58.8 Å². The summed E-state index contributed by atoms with van der Waals surface area (Å²) >= 11 is 0. The second-order valence-corrected chi connectivity index (χ2v) is 5.34. The van der Waals surface area contributed by atoms with Gasteiger partial charge in [-0.1, -0.05) is 45.4 Å². The standard InChI is InChI=1S/C17H34O6/c1-3-5-6-7-8-9-10-11-22-17(16(18)19)23-15-14-21-13-12-20-4-2/h17H,3-15H2,1-2H3,(H,18,19). The number of aliphatic carboxylic acids is 1. The van der Waals surface area contributed by atoms with E-state index >= 15 is 0 Å². The van der Waals surface area contributed by atoms with Crippen molar-refractivity contribution in [3.8, 4) is 0 Å². The van der Waals surface area contributed by atoms with Gasteiger partial charge in [0.2, 0.25) is 0 Å². The Labute approximate surface area is 140 Å². The van der Waals surface area contributed by atoms with E-state index < -0.39 is 12.3 Å². The number of carbonyl (C=O) groups is 1. The van der Waals surface area contributed by atoms with Crippen LogP contribution in [0.25, 0.3) is 0 Å². The molecule has 0 aliphatic rings. The lowest BCUT2D eigenvalue weighted by Gasteiger charge is -2.14. The molecule has 0 saturated heterocycles. The average molecular weight is 334 g/mol. The molecule has 1 atom stereocenters. The SMILES string of the molecule is CCCCCCCCCOC(OCCOCCOCC)C(=O)O. The van der Waals surface area contributed by atoms with Gasteiger partial charge in [-0.3, -0.25) is 0 Å². The zero-order valence-electron chi connectivity index (χ0n) is 14.8. The quantitative estimate of drug-likeness (QED) is 0.306. The first-order valence-corrected chi connectivity index (χ1v) is 8.83. The van der Waals surface area contributed by atoms with Crippen molar-refractivity contribution in [1.82, 2.24) is 0 Å². The lowest BCUT2D eigenvalue weighted by atomic mass is 10.1. The number of hydrogen-bond donors (Lipinski definition) is 1. The third-order valence-corrected chi connectivity index (χ3v) is 3.29. The van der Waals surface area contributed by atoms with Crippen molar-refractivity contribution in [2.45, 2.75) is 65.1 Å². The van der Waals surface area contributed by atoms with Crippen LogP contribution < -0.4 is 0 Å². The Morgan fingerprint density at radius 2 is 1.35 bits per heavy atom. The highest BCUT2D eigenvalue weighted by Gasteiger charge is 2.18. The third-order valence-electron chi connectivity index (χ3n) is 3.29. The first-order chi connectivity index (χ1) is 11.2. The highest BCUT2D eigenvalue weighted by Crippen LogP contribution is 2.07. The fourth-order valence-electron chi connectivity index (χ4n) is 2.02.